The van der Waals surface area contributed by atoms with Crippen LogP contribution in [-0.4, -0.2) is 228 Å². The molecule has 0 aromatic heterocycles. The minimum atomic E-state index is -1.97. The molecule has 4 fully saturated rings. The maximum absolute atomic E-state index is 11.5. The fourth-order valence-corrected chi connectivity index (χ4v) is 5.94. The van der Waals surface area contributed by atoms with Gasteiger partial charge < -0.3 is 104 Å². The molecule has 4 aliphatic heterocycles. The summed E-state index contributed by atoms with van der Waals surface area (Å²) < 4.78 is 45.4. The Labute approximate surface area is 285 Å². The van der Waals surface area contributed by atoms with Gasteiger partial charge in [-0.15, -0.1) is 0 Å². The maximum atomic E-state index is 11.5. The molecule has 0 radical (unpaired) electrons. The Morgan fingerprint density at radius 3 is 1.27 bits per heavy atom. The molecule has 0 saturated carbocycles. The summed E-state index contributed by atoms with van der Waals surface area (Å²) in [5.41, 5.74) is 0. The molecule has 49 heavy (non-hydrogen) atoms. The summed E-state index contributed by atoms with van der Waals surface area (Å²) in [7, 11) is 0. The molecule has 20 atom stereocenters. The molecule has 4 heterocycles. The zero-order chi connectivity index (χ0) is 36.2. The molecular formula is C27H48O21S. The predicted octanol–water partition coefficient (Wildman–Crippen LogP) is -8.40. The number of ether oxygens (including phenoxy) is 8. The summed E-state index contributed by atoms with van der Waals surface area (Å²) in [6, 6.07) is 0. The van der Waals surface area contributed by atoms with Crippen LogP contribution in [0.5, 0.6) is 0 Å². The van der Waals surface area contributed by atoms with Gasteiger partial charge in [-0.2, -0.15) is 12.6 Å². The highest BCUT2D eigenvalue weighted by Gasteiger charge is 2.55. The topological polar surface area (TPSA) is 337 Å². The maximum Gasteiger partial charge on any atom is 0.187 e. The Bertz CT molecular complexity index is 983. The summed E-state index contributed by atoms with van der Waals surface area (Å²) in [6.45, 7) is -3.12. The first-order chi connectivity index (χ1) is 23.3. The van der Waals surface area contributed by atoms with Crippen LogP contribution in [0, 0.1) is 0 Å². The van der Waals surface area contributed by atoms with Gasteiger partial charge in [0.2, 0.25) is 0 Å². The smallest absolute Gasteiger partial charge is 0.187 e. The van der Waals surface area contributed by atoms with Crippen molar-refractivity contribution < 1.29 is 104 Å². The van der Waals surface area contributed by atoms with Crippen molar-refractivity contribution >= 4 is 12.6 Å². The fourth-order valence-electron chi connectivity index (χ4n) is 5.81. The van der Waals surface area contributed by atoms with Gasteiger partial charge in [0.25, 0.3) is 0 Å². The van der Waals surface area contributed by atoms with E-state index < -0.39 is 149 Å². The zero-order valence-corrected chi connectivity index (χ0v) is 26.9. The second-order valence-electron chi connectivity index (χ2n) is 12.1. The van der Waals surface area contributed by atoms with Gasteiger partial charge in [0.1, 0.15) is 97.7 Å². The van der Waals surface area contributed by atoms with Gasteiger partial charge in [0.15, 0.2) is 25.2 Å². The average Bonchev–Trinajstić information content (AvgIpc) is 3.09. The molecule has 0 bridgehead atoms. The molecule has 0 aromatic rings. The van der Waals surface area contributed by atoms with Crippen molar-refractivity contribution in [1.29, 1.82) is 0 Å². The Balaban J connectivity index is 1.67. The monoisotopic (exact) mass is 740 g/mol. The molecule has 4 aliphatic rings. The standard InChI is InChI=1S/C27H48O21S/c28-4-8-12(31)15(34)18(37)24(43-8)42-7-11-22(47-26-19(38)16(35)13(32)9(5-29)44-26)23(21(40)25(46-11)41-2-1-3-49)48-27-20(39)17(36)14(33)10(6-30)45-27/h8-40,49H,1-7H2/t8?,9?,10?,11?,12-,13-,14-,15+,16+,17+,18?,19?,20?,21?,22-,23-,24-,25+,26+,27+/m1/s1. The van der Waals surface area contributed by atoms with E-state index in [4.69, 9.17) is 37.9 Å². The third kappa shape index (κ3) is 9.18. The highest BCUT2D eigenvalue weighted by molar-refractivity contribution is 7.80. The highest BCUT2D eigenvalue weighted by Crippen LogP contribution is 2.34. The van der Waals surface area contributed by atoms with Crippen molar-refractivity contribution in [2.24, 2.45) is 0 Å². The molecule has 13 N–H and O–H groups in total. The summed E-state index contributed by atoms with van der Waals surface area (Å²) in [6.07, 6.45) is -34.3. The fraction of sp³-hybridized carbons (Fsp3) is 1.00. The lowest BCUT2D eigenvalue weighted by molar-refractivity contribution is -0.391. The Kier molecular flexibility index (Phi) is 15.6. The third-order valence-corrected chi connectivity index (χ3v) is 9.07. The van der Waals surface area contributed by atoms with Crippen molar-refractivity contribution in [1.82, 2.24) is 0 Å². The van der Waals surface area contributed by atoms with Crippen molar-refractivity contribution in [3.63, 3.8) is 0 Å². The highest BCUT2D eigenvalue weighted by atomic mass is 32.1. The van der Waals surface area contributed by atoms with E-state index in [1.807, 2.05) is 0 Å². The molecular weight excluding hydrogens is 692 g/mol. The Morgan fingerprint density at radius 2 is 0.816 bits per heavy atom. The van der Waals surface area contributed by atoms with E-state index in [0.717, 1.165) is 0 Å². The van der Waals surface area contributed by atoms with Crippen LogP contribution in [0.25, 0.3) is 0 Å². The van der Waals surface area contributed by atoms with Gasteiger partial charge >= 0.3 is 0 Å². The molecule has 8 unspecified atom stereocenters. The zero-order valence-electron chi connectivity index (χ0n) is 26.0. The van der Waals surface area contributed by atoms with Crippen LogP contribution in [0.15, 0.2) is 0 Å². The normalized spacial score (nSPS) is 49.6. The summed E-state index contributed by atoms with van der Waals surface area (Å²) in [5, 5.41) is 134. The molecule has 0 spiro atoms. The van der Waals surface area contributed by atoms with E-state index in [1.165, 1.54) is 0 Å². The van der Waals surface area contributed by atoms with Crippen LogP contribution in [0.1, 0.15) is 6.42 Å². The number of hydrogen-bond acceptors (Lipinski definition) is 22. The largest absolute Gasteiger partial charge is 0.394 e. The van der Waals surface area contributed by atoms with Gasteiger partial charge in [0, 0.05) is 0 Å². The van der Waals surface area contributed by atoms with Gasteiger partial charge in [-0.1, -0.05) is 0 Å². The minimum absolute atomic E-state index is 0.0173. The number of thiol groups is 1. The van der Waals surface area contributed by atoms with E-state index in [0.29, 0.717) is 12.2 Å². The molecule has 0 aliphatic carbocycles. The molecule has 21 nitrogen and oxygen atoms in total. The third-order valence-electron chi connectivity index (χ3n) is 8.75. The van der Waals surface area contributed by atoms with E-state index >= 15 is 0 Å². The van der Waals surface area contributed by atoms with E-state index in [2.05, 4.69) is 12.6 Å². The lowest BCUT2D eigenvalue weighted by atomic mass is 9.95. The van der Waals surface area contributed by atoms with E-state index in [1.54, 1.807) is 0 Å². The summed E-state index contributed by atoms with van der Waals surface area (Å²) in [4.78, 5) is 0. The average molecular weight is 741 g/mol. The molecule has 4 saturated heterocycles. The number of aliphatic hydroxyl groups excluding tert-OH is 13. The SMILES string of the molecule is OCC1O[C@@H](OCC2O[C@H](OCCCS)C(O)[C@@H](O[C@@H]3OC(CO)[C@@H](O)[C@H](O)C3O)[C@@H]2O[C@@H]2OC(CO)[C@@H](O)[C@H](O)C2O)C(O)[C@@H](O)[C@@H]1O. The van der Waals surface area contributed by atoms with E-state index in [-0.39, 0.29) is 6.61 Å². The molecule has 22 heteroatoms. The molecule has 0 amide bonds. The Hall–Kier alpha value is -0.490. The van der Waals surface area contributed by atoms with Gasteiger partial charge in [-0.05, 0) is 12.2 Å². The first-order valence-corrected chi connectivity index (χ1v) is 16.3. The number of hydrogen-bond donors (Lipinski definition) is 14. The van der Waals surface area contributed by atoms with Crippen LogP contribution in [-0.2, 0) is 37.9 Å². The number of rotatable bonds is 14. The molecule has 288 valence electrons. The predicted molar refractivity (Wildman–Crippen MR) is 156 cm³/mol. The number of aliphatic hydroxyl groups is 13. The first kappa shape index (κ1) is 41.3. The lowest BCUT2D eigenvalue weighted by Gasteiger charge is -2.49. The van der Waals surface area contributed by atoms with Crippen LogP contribution < -0.4 is 0 Å². The van der Waals surface area contributed by atoms with Gasteiger partial charge in [0.05, 0.1) is 33.0 Å². The van der Waals surface area contributed by atoms with E-state index in [9.17, 15) is 66.4 Å². The first-order valence-electron chi connectivity index (χ1n) is 15.7. The minimum Gasteiger partial charge on any atom is -0.394 e. The second kappa shape index (κ2) is 18.5. The van der Waals surface area contributed by atoms with Crippen molar-refractivity contribution in [3.8, 4) is 0 Å². The van der Waals surface area contributed by atoms with Crippen LogP contribution >= 0.6 is 12.6 Å². The van der Waals surface area contributed by atoms with Crippen LogP contribution in [0.4, 0.5) is 0 Å². The van der Waals surface area contributed by atoms with Crippen LogP contribution in [0.2, 0.25) is 0 Å². The Morgan fingerprint density at radius 1 is 0.429 bits per heavy atom. The summed E-state index contributed by atoms with van der Waals surface area (Å²) in [5.74, 6) is 0.375. The second-order valence-corrected chi connectivity index (χ2v) is 12.6. The molecule has 4 rings (SSSR count). The van der Waals surface area contributed by atoms with Crippen molar-refractivity contribution in [2.75, 3.05) is 38.8 Å². The quantitative estimate of drug-likeness (QED) is 0.0581. The van der Waals surface area contributed by atoms with Crippen LogP contribution in [0.3, 0.4) is 0 Å². The van der Waals surface area contributed by atoms with Gasteiger partial charge in [-0.3, -0.25) is 0 Å². The van der Waals surface area contributed by atoms with Gasteiger partial charge in [-0.25, -0.2) is 0 Å². The summed E-state index contributed by atoms with van der Waals surface area (Å²) >= 11 is 4.12. The molecule has 0 aromatic carbocycles. The van der Waals surface area contributed by atoms with Crippen molar-refractivity contribution in [3.05, 3.63) is 0 Å². The lowest BCUT2D eigenvalue weighted by Crippen LogP contribution is -2.67. The van der Waals surface area contributed by atoms with Crippen molar-refractivity contribution in [2.45, 2.75) is 129 Å².